The summed E-state index contributed by atoms with van der Waals surface area (Å²) in [6.07, 6.45) is 6.18. The normalized spacial score (nSPS) is 19.1. The summed E-state index contributed by atoms with van der Waals surface area (Å²) in [5.41, 5.74) is 2.42. The number of para-hydroxylation sites is 1. The van der Waals surface area contributed by atoms with Crippen LogP contribution in [0.4, 0.5) is 0 Å². The molecule has 4 heteroatoms. The summed E-state index contributed by atoms with van der Waals surface area (Å²) >= 11 is 0. The predicted molar refractivity (Wildman–Crippen MR) is 80.7 cm³/mol. The van der Waals surface area contributed by atoms with Crippen LogP contribution < -0.4 is 10.6 Å². The Labute approximate surface area is 118 Å². The Morgan fingerprint density at radius 1 is 1.30 bits per heavy atom. The number of fused-ring (bicyclic) bond motifs is 1. The number of hydrogen-bond acceptors (Lipinski definition) is 2. The van der Waals surface area contributed by atoms with Crippen LogP contribution in [0.15, 0.2) is 30.5 Å². The fourth-order valence-corrected chi connectivity index (χ4v) is 2.86. The zero-order chi connectivity index (χ0) is 13.8. The van der Waals surface area contributed by atoms with E-state index in [-0.39, 0.29) is 11.9 Å². The third kappa shape index (κ3) is 2.85. The highest BCUT2D eigenvalue weighted by Gasteiger charge is 2.19. The number of hydrogen-bond donors (Lipinski definition) is 3. The number of benzene rings is 1. The number of rotatable bonds is 4. The van der Waals surface area contributed by atoms with Crippen molar-refractivity contribution >= 4 is 16.8 Å². The Bertz CT molecular complexity index is 584. The molecule has 1 saturated heterocycles. The van der Waals surface area contributed by atoms with Crippen LogP contribution >= 0.6 is 0 Å². The van der Waals surface area contributed by atoms with Crippen molar-refractivity contribution in [2.75, 3.05) is 13.1 Å². The molecule has 0 bridgehead atoms. The maximum absolute atomic E-state index is 12.0. The first-order chi connectivity index (χ1) is 9.84. The first-order valence-corrected chi connectivity index (χ1v) is 7.41. The van der Waals surface area contributed by atoms with E-state index in [1.165, 1.54) is 17.4 Å². The van der Waals surface area contributed by atoms with Crippen LogP contribution in [0.25, 0.3) is 10.9 Å². The van der Waals surface area contributed by atoms with Crippen molar-refractivity contribution < 1.29 is 4.79 Å². The van der Waals surface area contributed by atoms with Crippen LogP contribution in [-0.4, -0.2) is 30.0 Å². The molecule has 0 spiro atoms. The number of carbonyl (C=O) groups excluding carboxylic acids is 1. The molecule has 1 aromatic carbocycles. The standard InChI is InChI=1S/C16H21N3O/c20-16(15-7-3-4-9-17-15)18-10-8-12-11-19-14-6-2-1-5-13(12)14/h1-2,5-6,11,15,17,19H,3-4,7-10H2,(H,18,20)/t15-/m1/s1. The molecule has 0 unspecified atom stereocenters. The molecular weight excluding hydrogens is 250 g/mol. The maximum atomic E-state index is 12.0. The number of aromatic nitrogens is 1. The molecule has 3 rings (SSSR count). The van der Waals surface area contributed by atoms with Crippen LogP contribution in [0.1, 0.15) is 24.8 Å². The van der Waals surface area contributed by atoms with Gasteiger partial charge in [-0.05, 0) is 37.4 Å². The van der Waals surface area contributed by atoms with E-state index in [1.54, 1.807) is 0 Å². The quantitative estimate of drug-likeness (QED) is 0.796. The molecule has 106 valence electrons. The average Bonchev–Trinajstić information content (AvgIpc) is 2.92. The third-order valence-corrected chi connectivity index (χ3v) is 4.00. The number of carbonyl (C=O) groups is 1. The second-order valence-corrected chi connectivity index (χ2v) is 5.40. The SMILES string of the molecule is O=C(NCCc1c[nH]c2ccccc12)[C@H]1CCCCN1. The number of piperidine rings is 1. The molecule has 1 aromatic heterocycles. The minimum atomic E-state index is 0.00622. The van der Waals surface area contributed by atoms with Gasteiger partial charge in [0.25, 0.3) is 0 Å². The Morgan fingerprint density at radius 3 is 3.05 bits per heavy atom. The van der Waals surface area contributed by atoms with Gasteiger partial charge in [-0.1, -0.05) is 24.6 Å². The minimum Gasteiger partial charge on any atom is -0.361 e. The van der Waals surface area contributed by atoms with Gasteiger partial charge in [-0.15, -0.1) is 0 Å². The molecule has 0 aliphatic carbocycles. The van der Waals surface area contributed by atoms with Gasteiger partial charge in [0.2, 0.25) is 5.91 Å². The largest absolute Gasteiger partial charge is 0.361 e. The van der Waals surface area contributed by atoms with Gasteiger partial charge in [-0.2, -0.15) is 0 Å². The van der Waals surface area contributed by atoms with E-state index in [0.29, 0.717) is 6.54 Å². The molecule has 1 atom stereocenters. The lowest BCUT2D eigenvalue weighted by molar-refractivity contribution is -0.123. The van der Waals surface area contributed by atoms with Gasteiger partial charge in [-0.25, -0.2) is 0 Å². The Hall–Kier alpha value is -1.81. The summed E-state index contributed by atoms with van der Waals surface area (Å²) in [7, 11) is 0. The summed E-state index contributed by atoms with van der Waals surface area (Å²) in [6, 6.07) is 8.27. The van der Waals surface area contributed by atoms with Crippen molar-refractivity contribution in [1.29, 1.82) is 0 Å². The molecule has 20 heavy (non-hydrogen) atoms. The molecule has 1 aliphatic rings. The zero-order valence-electron chi connectivity index (χ0n) is 11.6. The molecule has 1 aliphatic heterocycles. The predicted octanol–water partition coefficient (Wildman–Crippen LogP) is 1.97. The third-order valence-electron chi connectivity index (χ3n) is 4.00. The van der Waals surface area contributed by atoms with Crippen LogP contribution in [0.5, 0.6) is 0 Å². The molecule has 2 heterocycles. The monoisotopic (exact) mass is 271 g/mol. The zero-order valence-corrected chi connectivity index (χ0v) is 11.6. The van der Waals surface area contributed by atoms with Crippen LogP contribution in [0.2, 0.25) is 0 Å². The van der Waals surface area contributed by atoms with Gasteiger partial charge in [0.15, 0.2) is 0 Å². The molecule has 0 saturated carbocycles. The number of nitrogens with one attached hydrogen (secondary N) is 3. The van der Waals surface area contributed by atoms with Gasteiger partial charge >= 0.3 is 0 Å². The second kappa shape index (κ2) is 6.09. The van der Waals surface area contributed by atoms with Gasteiger partial charge < -0.3 is 15.6 Å². The molecule has 3 N–H and O–H groups in total. The summed E-state index contributed by atoms with van der Waals surface area (Å²) in [4.78, 5) is 15.3. The lowest BCUT2D eigenvalue weighted by Crippen LogP contribution is -2.47. The van der Waals surface area contributed by atoms with Crippen molar-refractivity contribution in [2.24, 2.45) is 0 Å². The Morgan fingerprint density at radius 2 is 2.20 bits per heavy atom. The Kier molecular flexibility index (Phi) is 4.02. The summed E-state index contributed by atoms with van der Waals surface area (Å²) in [6.45, 7) is 1.65. The lowest BCUT2D eigenvalue weighted by Gasteiger charge is -2.22. The fourth-order valence-electron chi connectivity index (χ4n) is 2.86. The van der Waals surface area contributed by atoms with Crippen molar-refractivity contribution in [1.82, 2.24) is 15.6 Å². The molecule has 2 aromatic rings. The van der Waals surface area contributed by atoms with Crippen LogP contribution in [0, 0.1) is 0 Å². The summed E-state index contributed by atoms with van der Waals surface area (Å²) in [5.74, 6) is 0.143. The van der Waals surface area contributed by atoms with E-state index in [1.807, 2.05) is 18.3 Å². The van der Waals surface area contributed by atoms with Gasteiger partial charge in [0.1, 0.15) is 0 Å². The number of aromatic amines is 1. The van der Waals surface area contributed by atoms with E-state index < -0.39 is 0 Å². The second-order valence-electron chi connectivity index (χ2n) is 5.40. The lowest BCUT2D eigenvalue weighted by atomic mass is 10.0. The van der Waals surface area contributed by atoms with E-state index in [9.17, 15) is 4.79 Å². The van der Waals surface area contributed by atoms with Crippen molar-refractivity contribution in [3.05, 3.63) is 36.0 Å². The molecule has 1 amide bonds. The van der Waals surface area contributed by atoms with Gasteiger partial charge in [0, 0.05) is 23.6 Å². The van der Waals surface area contributed by atoms with Crippen LogP contribution in [0.3, 0.4) is 0 Å². The summed E-state index contributed by atoms with van der Waals surface area (Å²) in [5, 5.41) is 7.56. The first-order valence-electron chi connectivity index (χ1n) is 7.41. The smallest absolute Gasteiger partial charge is 0.237 e. The van der Waals surface area contributed by atoms with Crippen molar-refractivity contribution in [3.63, 3.8) is 0 Å². The van der Waals surface area contributed by atoms with Crippen molar-refractivity contribution in [3.8, 4) is 0 Å². The van der Waals surface area contributed by atoms with E-state index >= 15 is 0 Å². The number of H-pyrrole nitrogens is 1. The minimum absolute atomic E-state index is 0.00622. The fraction of sp³-hybridized carbons (Fsp3) is 0.438. The maximum Gasteiger partial charge on any atom is 0.237 e. The van der Waals surface area contributed by atoms with Gasteiger partial charge in [0.05, 0.1) is 6.04 Å². The topological polar surface area (TPSA) is 56.9 Å². The highest BCUT2D eigenvalue weighted by molar-refractivity contribution is 5.83. The molecule has 4 nitrogen and oxygen atoms in total. The molecule has 0 radical (unpaired) electrons. The van der Waals surface area contributed by atoms with E-state index in [2.05, 4.69) is 27.8 Å². The molecule has 1 fully saturated rings. The van der Waals surface area contributed by atoms with E-state index in [0.717, 1.165) is 31.3 Å². The van der Waals surface area contributed by atoms with E-state index in [4.69, 9.17) is 0 Å². The summed E-state index contributed by atoms with van der Waals surface area (Å²) < 4.78 is 0. The Balaban J connectivity index is 1.53. The number of amides is 1. The van der Waals surface area contributed by atoms with Crippen LogP contribution in [-0.2, 0) is 11.2 Å². The first kappa shape index (κ1) is 13.2. The molecular formula is C16H21N3O. The highest BCUT2D eigenvalue weighted by Crippen LogP contribution is 2.17. The van der Waals surface area contributed by atoms with Gasteiger partial charge in [-0.3, -0.25) is 4.79 Å². The van der Waals surface area contributed by atoms with Crippen molar-refractivity contribution in [2.45, 2.75) is 31.7 Å². The highest BCUT2D eigenvalue weighted by atomic mass is 16.2. The average molecular weight is 271 g/mol.